The van der Waals surface area contributed by atoms with E-state index >= 15 is 0 Å². The highest BCUT2D eigenvalue weighted by atomic mass is 35.5. The van der Waals surface area contributed by atoms with Crippen LogP contribution in [0, 0.1) is 5.92 Å². The summed E-state index contributed by atoms with van der Waals surface area (Å²) in [5.41, 5.74) is 7.73. The minimum atomic E-state index is -0.601. The lowest BCUT2D eigenvalue weighted by Gasteiger charge is -2.17. The number of carbonyl (C=O) groups excluding carboxylic acids is 2. The van der Waals surface area contributed by atoms with Gasteiger partial charge in [-0.2, -0.15) is 5.10 Å². The molecule has 5 N–H and O–H groups in total. The Hall–Kier alpha value is -2.58. The molecule has 3 amide bonds. The zero-order valence-corrected chi connectivity index (χ0v) is 15.3. The third-order valence-electron chi connectivity index (χ3n) is 4.39. The van der Waals surface area contributed by atoms with E-state index in [4.69, 9.17) is 5.73 Å². The molecular formula is C17H23ClN6O2. The minimum Gasteiger partial charge on any atom is -0.352 e. The van der Waals surface area contributed by atoms with Gasteiger partial charge in [0, 0.05) is 44.5 Å². The topological polar surface area (TPSA) is 114 Å². The molecule has 0 radical (unpaired) electrons. The third kappa shape index (κ3) is 4.74. The number of benzene rings is 1. The third-order valence-corrected chi connectivity index (χ3v) is 4.39. The molecule has 0 unspecified atom stereocenters. The summed E-state index contributed by atoms with van der Waals surface area (Å²) in [5, 5.41) is 13.0. The number of nitrogens with zero attached hydrogens (tertiary/aromatic N) is 2. The van der Waals surface area contributed by atoms with Gasteiger partial charge in [0.25, 0.3) is 0 Å². The van der Waals surface area contributed by atoms with Gasteiger partial charge in [-0.25, -0.2) is 4.79 Å². The summed E-state index contributed by atoms with van der Waals surface area (Å²) >= 11 is 0. The van der Waals surface area contributed by atoms with Crippen LogP contribution < -0.4 is 21.7 Å². The molecule has 1 aromatic carbocycles. The van der Waals surface area contributed by atoms with Crippen LogP contribution in [0.4, 0.5) is 10.5 Å². The van der Waals surface area contributed by atoms with Gasteiger partial charge in [0.2, 0.25) is 5.91 Å². The molecule has 1 saturated heterocycles. The molecule has 140 valence electrons. The summed E-state index contributed by atoms with van der Waals surface area (Å²) in [5.74, 6) is 0.0500. The second-order valence-electron chi connectivity index (χ2n) is 6.22. The molecule has 2 aromatic rings. The van der Waals surface area contributed by atoms with E-state index in [0.717, 1.165) is 17.7 Å². The van der Waals surface area contributed by atoms with E-state index in [-0.39, 0.29) is 30.2 Å². The van der Waals surface area contributed by atoms with E-state index in [9.17, 15) is 9.59 Å². The number of hydrogen-bond donors (Lipinski definition) is 4. The van der Waals surface area contributed by atoms with Crippen LogP contribution in [0.15, 0.2) is 36.7 Å². The first-order valence-electron chi connectivity index (χ1n) is 8.15. The van der Waals surface area contributed by atoms with Crippen LogP contribution >= 0.6 is 12.4 Å². The number of aromatic nitrogens is 2. The molecule has 0 bridgehead atoms. The summed E-state index contributed by atoms with van der Waals surface area (Å²) in [6, 6.07) is 6.59. The number of primary amides is 1. The number of nitrogens with one attached hydrogen (secondary N) is 3. The quantitative estimate of drug-likeness (QED) is 0.620. The van der Waals surface area contributed by atoms with E-state index < -0.39 is 6.03 Å². The number of nitrogens with two attached hydrogens (primary N) is 1. The lowest BCUT2D eigenvalue weighted by molar-refractivity contribution is -0.125. The van der Waals surface area contributed by atoms with Crippen LogP contribution in [0.1, 0.15) is 17.0 Å². The minimum absolute atomic E-state index is 0. The van der Waals surface area contributed by atoms with Crippen molar-refractivity contribution >= 4 is 30.0 Å². The fraction of sp³-hybridized carbons (Fsp3) is 0.353. The number of hydrogen-bond acceptors (Lipinski definition) is 4. The van der Waals surface area contributed by atoms with Crippen molar-refractivity contribution in [2.75, 3.05) is 18.4 Å². The van der Waals surface area contributed by atoms with Gasteiger partial charge < -0.3 is 21.7 Å². The Labute approximate surface area is 157 Å². The molecule has 26 heavy (non-hydrogen) atoms. The molecule has 1 fully saturated rings. The number of rotatable bonds is 5. The number of amides is 3. The Kier molecular flexibility index (Phi) is 6.59. The maximum absolute atomic E-state index is 12.6. The summed E-state index contributed by atoms with van der Waals surface area (Å²) in [7, 11) is 1.87. The fourth-order valence-corrected chi connectivity index (χ4v) is 3.10. The summed E-state index contributed by atoms with van der Waals surface area (Å²) in [6.45, 7) is 1.87. The SMILES string of the molecule is Cl.Cn1cc([C@H]2CNC[C@@H]2C(=O)NCc2ccc(NC(N)=O)cc2)cn1. The molecule has 0 saturated carbocycles. The van der Waals surface area contributed by atoms with Crippen molar-refractivity contribution in [3.8, 4) is 0 Å². The Balaban J connectivity index is 0.00000243. The summed E-state index contributed by atoms with van der Waals surface area (Å²) in [6.07, 6.45) is 3.78. The van der Waals surface area contributed by atoms with E-state index in [1.165, 1.54) is 0 Å². The maximum Gasteiger partial charge on any atom is 0.316 e. The van der Waals surface area contributed by atoms with Crippen molar-refractivity contribution in [2.45, 2.75) is 12.5 Å². The molecule has 1 aliphatic heterocycles. The summed E-state index contributed by atoms with van der Waals surface area (Å²) < 4.78 is 1.75. The molecular weight excluding hydrogens is 356 g/mol. The van der Waals surface area contributed by atoms with Gasteiger partial charge in [-0.15, -0.1) is 12.4 Å². The molecule has 8 nitrogen and oxygen atoms in total. The van der Waals surface area contributed by atoms with Gasteiger partial charge >= 0.3 is 6.03 Å². The Morgan fingerprint density at radius 2 is 2.04 bits per heavy atom. The largest absolute Gasteiger partial charge is 0.352 e. The lowest BCUT2D eigenvalue weighted by atomic mass is 9.90. The average molecular weight is 379 g/mol. The number of halogens is 1. The monoisotopic (exact) mass is 378 g/mol. The van der Waals surface area contributed by atoms with Crippen LogP contribution in [-0.2, 0) is 18.4 Å². The Morgan fingerprint density at radius 3 is 2.65 bits per heavy atom. The smallest absolute Gasteiger partial charge is 0.316 e. The van der Waals surface area contributed by atoms with Crippen molar-refractivity contribution in [2.24, 2.45) is 18.7 Å². The highest BCUT2D eigenvalue weighted by Crippen LogP contribution is 2.27. The highest BCUT2D eigenvalue weighted by molar-refractivity contribution is 5.87. The van der Waals surface area contributed by atoms with Crippen LogP contribution in [0.25, 0.3) is 0 Å². The van der Waals surface area contributed by atoms with Crippen LogP contribution in [0.2, 0.25) is 0 Å². The maximum atomic E-state index is 12.6. The van der Waals surface area contributed by atoms with E-state index in [0.29, 0.717) is 18.8 Å². The van der Waals surface area contributed by atoms with Gasteiger partial charge in [-0.1, -0.05) is 12.1 Å². The van der Waals surface area contributed by atoms with Crippen molar-refractivity contribution < 1.29 is 9.59 Å². The van der Waals surface area contributed by atoms with Crippen LogP contribution in [-0.4, -0.2) is 34.8 Å². The number of urea groups is 1. The first kappa shape index (κ1) is 19.7. The average Bonchev–Trinajstić information content (AvgIpc) is 3.22. The van der Waals surface area contributed by atoms with Crippen LogP contribution in [0.3, 0.4) is 0 Å². The Bertz CT molecular complexity index is 761. The van der Waals surface area contributed by atoms with Gasteiger partial charge in [0.05, 0.1) is 12.1 Å². The fourth-order valence-electron chi connectivity index (χ4n) is 3.10. The normalized spacial score (nSPS) is 18.8. The van der Waals surface area contributed by atoms with Crippen molar-refractivity contribution in [3.05, 3.63) is 47.8 Å². The second-order valence-corrected chi connectivity index (χ2v) is 6.22. The summed E-state index contributed by atoms with van der Waals surface area (Å²) in [4.78, 5) is 23.4. The number of aryl methyl sites for hydroxylation is 1. The zero-order chi connectivity index (χ0) is 17.8. The first-order valence-corrected chi connectivity index (χ1v) is 8.15. The molecule has 2 atom stereocenters. The van der Waals surface area contributed by atoms with Crippen molar-refractivity contribution in [1.82, 2.24) is 20.4 Å². The molecule has 3 rings (SSSR count). The van der Waals surface area contributed by atoms with E-state index in [2.05, 4.69) is 21.0 Å². The standard InChI is InChI=1S/C17H22N6O2.ClH/c1-23-10-12(7-21-23)14-8-19-9-15(14)16(24)20-6-11-2-4-13(5-3-11)22-17(18)25;/h2-5,7,10,14-15,19H,6,8-9H2,1H3,(H,20,24)(H3,18,22,25);1H/t14-,15+;/m1./s1. The second kappa shape index (κ2) is 8.68. The predicted molar refractivity (Wildman–Crippen MR) is 101 cm³/mol. The van der Waals surface area contributed by atoms with E-state index in [1.807, 2.05) is 31.6 Å². The lowest BCUT2D eigenvalue weighted by Crippen LogP contribution is -2.33. The van der Waals surface area contributed by atoms with E-state index in [1.54, 1.807) is 16.8 Å². The molecule has 0 aliphatic carbocycles. The number of anilines is 1. The highest BCUT2D eigenvalue weighted by Gasteiger charge is 2.34. The van der Waals surface area contributed by atoms with Gasteiger partial charge in [0.15, 0.2) is 0 Å². The van der Waals surface area contributed by atoms with Gasteiger partial charge in [-0.05, 0) is 23.3 Å². The number of carbonyl (C=O) groups is 2. The van der Waals surface area contributed by atoms with Crippen molar-refractivity contribution in [1.29, 1.82) is 0 Å². The Morgan fingerprint density at radius 1 is 1.31 bits per heavy atom. The molecule has 2 heterocycles. The zero-order valence-electron chi connectivity index (χ0n) is 14.4. The molecule has 1 aromatic heterocycles. The van der Waals surface area contributed by atoms with Gasteiger partial charge in [0.1, 0.15) is 0 Å². The van der Waals surface area contributed by atoms with Crippen LogP contribution in [0.5, 0.6) is 0 Å². The predicted octanol–water partition coefficient (Wildman–Crippen LogP) is 0.952. The first-order chi connectivity index (χ1) is 12.0. The van der Waals surface area contributed by atoms with Crippen molar-refractivity contribution in [3.63, 3.8) is 0 Å². The molecule has 0 spiro atoms. The van der Waals surface area contributed by atoms with Gasteiger partial charge in [-0.3, -0.25) is 9.48 Å². The molecule has 9 heteroatoms. The molecule has 1 aliphatic rings.